The van der Waals surface area contributed by atoms with E-state index in [4.69, 9.17) is 5.11 Å². The lowest BCUT2D eigenvalue weighted by atomic mass is 10.4. The van der Waals surface area contributed by atoms with Gasteiger partial charge in [0, 0.05) is 25.3 Å². The zero-order valence-corrected chi connectivity index (χ0v) is 12.1. The molecule has 2 rings (SSSR count). The maximum atomic E-state index is 12.0. The van der Waals surface area contributed by atoms with Crippen LogP contribution in [0.15, 0.2) is 17.2 Å². The molecule has 1 aromatic rings. The first-order valence-electron chi connectivity index (χ1n) is 6.59. The number of carboxylic acid groups (broad SMARTS) is 1. The number of hydrogen-bond donors (Lipinski definition) is 3. The lowest BCUT2D eigenvalue weighted by Gasteiger charge is -2.19. The monoisotopic (exact) mass is 301 g/mol. The number of aromatic amines is 1. The predicted molar refractivity (Wildman–Crippen MR) is 73.2 cm³/mol. The normalized spacial score (nSPS) is 15.7. The molecule has 1 aliphatic rings. The smallest absolute Gasteiger partial charge is 0.352 e. The summed E-state index contributed by atoms with van der Waals surface area (Å²) in [5, 5.41) is 8.76. The summed E-state index contributed by atoms with van der Waals surface area (Å²) in [6.07, 6.45) is 3.55. The Morgan fingerprint density at radius 3 is 2.75 bits per heavy atom. The Labute approximate surface area is 118 Å². The van der Waals surface area contributed by atoms with Gasteiger partial charge in [0.05, 0.1) is 0 Å². The fourth-order valence-electron chi connectivity index (χ4n) is 2.10. The minimum Gasteiger partial charge on any atom is -0.477 e. The van der Waals surface area contributed by atoms with Gasteiger partial charge in [0.1, 0.15) is 10.6 Å². The highest BCUT2D eigenvalue weighted by molar-refractivity contribution is 7.89. The molecule has 1 saturated carbocycles. The van der Waals surface area contributed by atoms with Crippen molar-refractivity contribution in [2.75, 3.05) is 19.6 Å². The summed E-state index contributed by atoms with van der Waals surface area (Å²) in [5.41, 5.74) is -0.140. The van der Waals surface area contributed by atoms with Crippen LogP contribution in [-0.4, -0.2) is 55.1 Å². The number of carbonyl (C=O) groups is 1. The first kappa shape index (κ1) is 15.0. The SMILES string of the molecule is CCN(CCNS(=O)(=O)c1c[nH]c(C(=O)O)c1)C1CC1. The molecule has 0 atom stereocenters. The van der Waals surface area contributed by atoms with E-state index in [0.29, 0.717) is 19.1 Å². The maximum absolute atomic E-state index is 12.0. The lowest BCUT2D eigenvalue weighted by molar-refractivity contribution is 0.0691. The third kappa shape index (κ3) is 3.59. The van der Waals surface area contributed by atoms with Crippen molar-refractivity contribution >= 4 is 16.0 Å². The number of nitrogens with one attached hydrogen (secondary N) is 2. The molecule has 20 heavy (non-hydrogen) atoms. The van der Waals surface area contributed by atoms with Crippen LogP contribution in [0.1, 0.15) is 30.3 Å². The number of carboxylic acids is 1. The molecule has 0 bridgehead atoms. The van der Waals surface area contributed by atoms with Gasteiger partial charge in [-0.05, 0) is 25.5 Å². The first-order chi connectivity index (χ1) is 9.44. The number of likely N-dealkylation sites (N-methyl/N-ethyl adjacent to an activating group) is 1. The van der Waals surface area contributed by atoms with Crippen LogP contribution in [0, 0.1) is 0 Å². The molecular formula is C12H19N3O4S. The molecule has 8 heteroatoms. The molecule has 1 aliphatic carbocycles. The van der Waals surface area contributed by atoms with Gasteiger partial charge in [-0.25, -0.2) is 17.9 Å². The Bertz CT molecular complexity index is 577. The van der Waals surface area contributed by atoms with Gasteiger partial charge in [-0.1, -0.05) is 6.92 Å². The number of hydrogen-bond acceptors (Lipinski definition) is 4. The second-order valence-electron chi connectivity index (χ2n) is 4.81. The summed E-state index contributed by atoms with van der Waals surface area (Å²) in [7, 11) is -3.65. The van der Waals surface area contributed by atoms with Crippen LogP contribution in [-0.2, 0) is 10.0 Å². The molecule has 1 heterocycles. The van der Waals surface area contributed by atoms with Crippen LogP contribution in [0.5, 0.6) is 0 Å². The zero-order chi connectivity index (χ0) is 14.8. The summed E-state index contributed by atoms with van der Waals surface area (Å²) in [4.78, 5) is 15.3. The number of nitrogens with zero attached hydrogens (tertiary/aromatic N) is 1. The molecule has 0 radical (unpaired) electrons. The van der Waals surface area contributed by atoms with Gasteiger partial charge in [-0.2, -0.15) is 0 Å². The standard InChI is InChI=1S/C12H19N3O4S/c1-2-15(9-3-4-9)6-5-14-20(18,19)10-7-11(12(16)17)13-8-10/h7-9,13-14H,2-6H2,1H3,(H,16,17). The molecule has 3 N–H and O–H groups in total. The minimum absolute atomic E-state index is 0.0515. The number of H-pyrrole nitrogens is 1. The molecule has 0 amide bonds. The number of rotatable bonds is 8. The van der Waals surface area contributed by atoms with Gasteiger partial charge in [0.2, 0.25) is 10.0 Å². The van der Waals surface area contributed by atoms with E-state index >= 15 is 0 Å². The molecule has 1 fully saturated rings. The van der Waals surface area contributed by atoms with E-state index < -0.39 is 16.0 Å². The maximum Gasteiger partial charge on any atom is 0.352 e. The van der Waals surface area contributed by atoms with Crippen molar-refractivity contribution in [3.05, 3.63) is 18.0 Å². The van der Waals surface area contributed by atoms with Crippen molar-refractivity contribution in [1.82, 2.24) is 14.6 Å². The highest BCUT2D eigenvalue weighted by Gasteiger charge is 2.27. The van der Waals surface area contributed by atoms with Gasteiger partial charge in [0.25, 0.3) is 0 Å². The second-order valence-corrected chi connectivity index (χ2v) is 6.58. The Balaban J connectivity index is 1.91. The van der Waals surface area contributed by atoms with Crippen LogP contribution < -0.4 is 4.72 Å². The van der Waals surface area contributed by atoms with Crippen LogP contribution >= 0.6 is 0 Å². The van der Waals surface area contributed by atoms with Gasteiger partial charge < -0.3 is 10.1 Å². The molecule has 7 nitrogen and oxygen atoms in total. The fraction of sp³-hybridized carbons (Fsp3) is 0.583. The van der Waals surface area contributed by atoms with Gasteiger partial charge in [-0.3, -0.25) is 4.90 Å². The van der Waals surface area contributed by atoms with Crippen molar-refractivity contribution in [3.8, 4) is 0 Å². The average Bonchev–Trinajstić information content (AvgIpc) is 3.08. The average molecular weight is 301 g/mol. The minimum atomic E-state index is -3.65. The van der Waals surface area contributed by atoms with Crippen LogP contribution in [0.3, 0.4) is 0 Å². The number of aromatic carboxylic acids is 1. The summed E-state index contributed by atoms with van der Waals surface area (Å²) in [5.74, 6) is -1.18. The van der Waals surface area contributed by atoms with E-state index in [1.807, 2.05) is 0 Å². The van der Waals surface area contributed by atoms with E-state index in [9.17, 15) is 13.2 Å². The zero-order valence-electron chi connectivity index (χ0n) is 11.3. The van der Waals surface area contributed by atoms with E-state index in [1.165, 1.54) is 19.0 Å². The Hall–Kier alpha value is -1.38. The van der Waals surface area contributed by atoms with Crippen molar-refractivity contribution in [2.45, 2.75) is 30.7 Å². The Kier molecular flexibility index (Phi) is 4.46. The Morgan fingerprint density at radius 2 is 2.25 bits per heavy atom. The third-order valence-corrected chi connectivity index (χ3v) is 4.80. The highest BCUT2D eigenvalue weighted by atomic mass is 32.2. The van der Waals surface area contributed by atoms with Crippen LogP contribution in [0.2, 0.25) is 0 Å². The number of aromatic nitrogens is 1. The van der Waals surface area contributed by atoms with E-state index in [-0.39, 0.29) is 10.6 Å². The summed E-state index contributed by atoms with van der Waals surface area (Å²) in [6.45, 7) is 3.94. The van der Waals surface area contributed by atoms with Crippen LogP contribution in [0.4, 0.5) is 0 Å². The Morgan fingerprint density at radius 1 is 1.55 bits per heavy atom. The first-order valence-corrected chi connectivity index (χ1v) is 8.07. The molecular weight excluding hydrogens is 282 g/mol. The molecule has 1 aromatic heterocycles. The topological polar surface area (TPSA) is 103 Å². The van der Waals surface area contributed by atoms with Gasteiger partial charge in [0.15, 0.2) is 0 Å². The number of sulfonamides is 1. The summed E-state index contributed by atoms with van der Waals surface area (Å²) in [6, 6.07) is 1.71. The molecule has 112 valence electrons. The van der Waals surface area contributed by atoms with E-state index in [2.05, 4.69) is 21.5 Å². The van der Waals surface area contributed by atoms with Crippen LogP contribution in [0.25, 0.3) is 0 Å². The molecule has 0 spiro atoms. The molecule has 0 saturated heterocycles. The van der Waals surface area contributed by atoms with E-state index in [1.54, 1.807) is 0 Å². The summed E-state index contributed by atoms with van der Waals surface area (Å²) < 4.78 is 26.5. The van der Waals surface area contributed by atoms with Gasteiger partial charge >= 0.3 is 5.97 Å². The second kappa shape index (κ2) is 5.94. The molecule has 0 aliphatic heterocycles. The van der Waals surface area contributed by atoms with Crippen molar-refractivity contribution in [3.63, 3.8) is 0 Å². The summed E-state index contributed by atoms with van der Waals surface area (Å²) >= 11 is 0. The third-order valence-electron chi connectivity index (χ3n) is 3.36. The largest absolute Gasteiger partial charge is 0.477 e. The fourth-order valence-corrected chi connectivity index (χ4v) is 3.11. The molecule has 0 aromatic carbocycles. The lowest BCUT2D eigenvalue weighted by Crippen LogP contribution is -2.36. The van der Waals surface area contributed by atoms with Crippen molar-refractivity contribution in [2.24, 2.45) is 0 Å². The van der Waals surface area contributed by atoms with Crippen molar-refractivity contribution < 1.29 is 18.3 Å². The predicted octanol–water partition coefficient (Wildman–Crippen LogP) is 0.476. The highest BCUT2D eigenvalue weighted by Crippen LogP contribution is 2.25. The van der Waals surface area contributed by atoms with Gasteiger partial charge in [-0.15, -0.1) is 0 Å². The van der Waals surface area contributed by atoms with Crippen molar-refractivity contribution in [1.29, 1.82) is 0 Å². The quantitative estimate of drug-likeness (QED) is 0.648. The molecule has 0 unspecified atom stereocenters. The van der Waals surface area contributed by atoms with E-state index in [0.717, 1.165) is 12.6 Å².